The van der Waals surface area contributed by atoms with Gasteiger partial charge in [0.25, 0.3) is 5.91 Å². The minimum absolute atomic E-state index is 0.0400. The summed E-state index contributed by atoms with van der Waals surface area (Å²) < 4.78 is 0. The van der Waals surface area contributed by atoms with E-state index in [1.807, 2.05) is 11.8 Å². The molecule has 0 bridgehead atoms. The average molecular weight is 290 g/mol. The topological polar surface area (TPSA) is 74.3 Å². The maximum absolute atomic E-state index is 12.3. The molecule has 1 fully saturated rings. The number of hydrogen-bond donors (Lipinski definition) is 2. The van der Waals surface area contributed by atoms with Crippen molar-refractivity contribution in [1.29, 1.82) is 0 Å². The number of urea groups is 1. The molecule has 2 heterocycles. The van der Waals surface area contributed by atoms with Gasteiger partial charge in [0.15, 0.2) is 0 Å². The molecule has 1 aliphatic rings. The summed E-state index contributed by atoms with van der Waals surface area (Å²) in [7, 11) is 0. The van der Waals surface area contributed by atoms with Crippen LogP contribution < -0.4 is 10.6 Å². The largest absolute Gasteiger partial charge is 0.339 e. The van der Waals surface area contributed by atoms with E-state index in [-0.39, 0.29) is 11.9 Å². The van der Waals surface area contributed by atoms with Gasteiger partial charge >= 0.3 is 6.03 Å². The molecule has 6 nitrogen and oxygen atoms in total. The van der Waals surface area contributed by atoms with Gasteiger partial charge in [-0.05, 0) is 37.8 Å². The maximum atomic E-state index is 12.3. The highest BCUT2D eigenvalue weighted by molar-refractivity contribution is 5.93. The first-order chi connectivity index (χ1) is 10.2. The van der Waals surface area contributed by atoms with E-state index in [1.165, 1.54) is 0 Å². The summed E-state index contributed by atoms with van der Waals surface area (Å²) in [5, 5.41) is 5.58. The van der Waals surface area contributed by atoms with Crippen LogP contribution in [-0.2, 0) is 0 Å². The van der Waals surface area contributed by atoms with Crippen LogP contribution in [0.3, 0.4) is 0 Å². The zero-order valence-corrected chi connectivity index (χ0v) is 12.3. The van der Waals surface area contributed by atoms with Crippen LogP contribution >= 0.6 is 0 Å². The molecule has 6 heteroatoms. The van der Waals surface area contributed by atoms with Gasteiger partial charge in [-0.25, -0.2) is 4.79 Å². The van der Waals surface area contributed by atoms with Crippen molar-refractivity contribution in [1.82, 2.24) is 20.5 Å². The van der Waals surface area contributed by atoms with Crippen LogP contribution in [0.25, 0.3) is 0 Å². The summed E-state index contributed by atoms with van der Waals surface area (Å²) in [4.78, 5) is 29.5. The van der Waals surface area contributed by atoms with Gasteiger partial charge in [-0.15, -0.1) is 0 Å². The number of nitrogens with zero attached hydrogens (tertiary/aromatic N) is 2. The molecule has 1 aromatic heterocycles. The summed E-state index contributed by atoms with van der Waals surface area (Å²) in [6.45, 7) is 4.65. The third-order valence-electron chi connectivity index (χ3n) is 3.70. The van der Waals surface area contributed by atoms with E-state index in [1.54, 1.807) is 24.5 Å². The number of nitrogens with one attached hydrogen (secondary N) is 2. The fourth-order valence-electron chi connectivity index (χ4n) is 2.47. The van der Waals surface area contributed by atoms with Crippen LogP contribution in [0.2, 0.25) is 0 Å². The number of rotatable bonds is 4. The minimum atomic E-state index is -0.119. The van der Waals surface area contributed by atoms with Crippen LogP contribution in [0.1, 0.15) is 30.1 Å². The standard InChI is InChI=1S/C15H22N4O2/c1-2-17-15(21)18-10-12-5-8-19(9-6-12)14(20)13-4-3-7-16-11-13/h3-4,7,11-12H,2,5-6,8-10H2,1H3,(H2,17,18,21). The fourth-order valence-corrected chi connectivity index (χ4v) is 2.47. The Bertz CT molecular complexity index is 470. The number of piperidine rings is 1. The molecular weight excluding hydrogens is 268 g/mol. The van der Waals surface area contributed by atoms with Crippen LogP contribution in [0.5, 0.6) is 0 Å². The third-order valence-corrected chi connectivity index (χ3v) is 3.70. The van der Waals surface area contributed by atoms with Crippen molar-refractivity contribution >= 4 is 11.9 Å². The van der Waals surface area contributed by atoms with Crippen molar-refractivity contribution in [3.8, 4) is 0 Å². The lowest BCUT2D eigenvalue weighted by Gasteiger charge is -2.32. The first-order valence-corrected chi connectivity index (χ1v) is 7.41. The molecule has 1 aliphatic heterocycles. The van der Waals surface area contributed by atoms with Crippen molar-refractivity contribution < 1.29 is 9.59 Å². The zero-order chi connectivity index (χ0) is 15.1. The van der Waals surface area contributed by atoms with Crippen molar-refractivity contribution in [3.63, 3.8) is 0 Å². The predicted octanol–water partition coefficient (Wildman–Crippen LogP) is 1.25. The van der Waals surface area contributed by atoms with E-state index in [0.717, 1.165) is 25.9 Å². The van der Waals surface area contributed by atoms with Crippen LogP contribution in [-0.4, -0.2) is 48.0 Å². The molecule has 1 aromatic rings. The Hall–Kier alpha value is -2.11. The highest BCUT2D eigenvalue weighted by Gasteiger charge is 2.23. The molecule has 0 spiro atoms. The van der Waals surface area contributed by atoms with Gasteiger partial charge in [0.2, 0.25) is 0 Å². The molecule has 3 amide bonds. The maximum Gasteiger partial charge on any atom is 0.314 e. The monoisotopic (exact) mass is 290 g/mol. The second-order valence-electron chi connectivity index (χ2n) is 5.22. The van der Waals surface area contributed by atoms with Gasteiger partial charge in [-0.2, -0.15) is 0 Å². The summed E-state index contributed by atoms with van der Waals surface area (Å²) >= 11 is 0. The number of aromatic nitrogens is 1. The molecule has 21 heavy (non-hydrogen) atoms. The van der Waals surface area contributed by atoms with Crippen molar-refractivity contribution in [3.05, 3.63) is 30.1 Å². The van der Waals surface area contributed by atoms with Gasteiger partial charge in [-0.3, -0.25) is 9.78 Å². The highest BCUT2D eigenvalue weighted by Crippen LogP contribution is 2.18. The molecule has 0 aromatic carbocycles. The Morgan fingerprint density at radius 3 is 2.71 bits per heavy atom. The van der Waals surface area contributed by atoms with Gasteiger partial charge < -0.3 is 15.5 Å². The normalized spacial score (nSPS) is 15.6. The van der Waals surface area contributed by atoms with Gasteiger partial charge in [-0.1, -0.05) is 0 Å². The van der Waals surface area contributed by atoms with E-state index in [0.29, 0.717) is 24.6 Å². The summed E-state index contributed by atoms with van der Waals surface area (Å²) in [6, 6.07) is 3.44. The Morgan fingerprint density at radius 2 is 2.10 bits per heavy atom. The summed E-state index contributed by atoms with van der Waals surface area (Å²) in [5.41, 5.74) is 0.636. The number of amides is 3. The molecule has 114 valence electrons. The molecule has 0 radical (unpaired) electrons. The Morgan fingerprint density at radius 1 is 1.33 bits per heavy atom. The lowest BCUT2D eigenvalue weighted by atomic mass is 9.96. The van der Waals surface area contributed by atoms with Crippen LogP contribution in [0.4, 0.5) is 4.79 Å². The second-order valence-corrected chi connectivity index (χ2v) is 5.22. The van der Waals surface area contributed by atoms with Gasteiger partial charge in [0.1, 0.15) is 0 Å². The molecule has 0 saturated carbocycles. The van der Waals surface area contributed by atoms with E-state index >= 15 is 0 Å². The first kappa shape index (κ1) is 15.3. The number of likely N-dealkylation sites (tertiary alicyclic amines) is 1. The van der Waals surface area contributed by atoms with Gasteiger partial charge in [0, 0.05) is 38.6 Å². The van der Waals surface area contributed by atoms with E-state index in [2.05, 4.69) is 15.6 Å². The SMILES string of the molecule is CCNC(=O)NCC1CCN(C(=O)c2cccnc2)CC1. The Kier molecular flexibility index (Phi) is 5.54. The number of carbonyl (C=O) groups is 2. The molecule has 0 unspecified atom stereocenters. The summed E-state index contributed by atoms with van der Waals surface area (Å²) in [6.07, 6.45) is 5.10. The average Bonchev–Trinajstić information content (AvgIpc) is 2.54. The smallest absolute Gasteiger partial charge is 0.314 e. The molecule has 2 rings (SSSR count). The first-order valence-electron chi connectivity index (χ1n) is 7.41. The lowest BCUT2D eigenvalue weighted by Crippen LogP contribution is -2.43. The van der Waals surface area contributed by atoms with Gasteiger partial charge in [0.05, 0.1) is 5.56 Å². The molecule has 1 saturated heterocycles. The lowest BCUT2D eigenvalue weighted by molar-refractivity contribution is 0.0690. The number of hydrogen-bond acceptors (Lipinski definition) is 3. The quantitative estimate of drug-likeness (QED) is 0.876. The van der Waals surface area contributed by atoms with Crippen molar-refractivity contribution in [2.75, 3.05) is 26.2 Å². The molecule has 2 N–H and O–H groups in total. The van der Waals surface area contributed by atoms with Crippen molar-refractivity contribution in [2.45, 2.75) is 19.8 Å². The zero-order valence-electron chi connectivity index (χ0n) is 12.3. The number of pyridine rings is 1. The summed E-state index contributed by atoms with van der Waals surface area (Å²) in [5.74, 6) is 0.476. The predicted molar refractivity (Wildman–Crippen MR) is 79.9 cm³/mol. The third kappa shape index (κ3) is 4.44. The molecule has 0 aliphatic carbocycles. The Labute approximate surface area is 124 Å². The van der Waals surface area contributed by atoms with E-state index < -0.39 is 0 Å². The minimum Gasteiger partial charge on any atom is -0.339 e. The Balaban J connectivity index is 1.76. The van der Waals surface area contributed by atoms with E-state index in [4.69, 9.17) is 0 Å². The van der Waals surface area contributed by atoms with Crippen LogP contribution in [0, 0.1) is 5.92 Å². The molecular formula is C15H22N4O2. The molecule has 0 atom stereocenters. The van der Waals surface area contributed by atoms with Crippen LogP contribution in [0.15, 0.2) is 24.5 Å². The fraction of sp³-hybridized carbons (Fsp3) is 0.533. The number of carbonyl (C=O) groups excluding carboxylic acids is 2. The van der Waals surface area contributed by atoms with Crippen molar-refractivity contribution in [2.24, 2.45) is 5.92 Å². The van der Waals surface area contributed by atoms with E-state index in [9.17, 15) is 9.59 Å². The second kappa shape index (κ2) is 7.61. The highest BCUT2D eigenvalue weighted by atomic mass is 16.2.